The van der Waals surface area contributed by atoms with Crippen molar-refractivity contribution in [2.24, 2.45) is 0 Å². The molecule has 1 N–H and O–H groups in total. The van der Waals surface area contributed by atoms with Gasteiger partial charge < -0.3 is 5.32 Å². The Hall–Kier alpha value is -0.610. The fourth-order valence-electron chi connectivity index (χ4n) is 1.86. The van der Waals surface area contributed by atoms with E-state index in [1.54, 1.807) is 6.07 Å². The Morgan fingerprint density at radius 2 is 2.50 bits per heavy atom. The molecule has 0 saturated carbocycles. The molecule has 0 radical (unpaired) electrons. The molecule has 1 aromatic heterocycles. The van der Waals surface area contributed by atoms with E-state index in [2.05, 4.69) is 17.2 Å². The summed E-state index contributed by atoms with van der Waals surface area (Å²) >= 11 is 2.04. The van der Waals surface area contributed by atoms with Gasteiger partial charge in [-0.15, -0.1) is 0 Å². The van der Waals surface area contributed by atoms with Crippen molar-refractivity contribution in [3.05, 3.63) is 29.8 Å². The Labute approximate surface area is 100 Å². The van der Waals surface area contributed by atoms with Crippen LogP contribution in [-0.4, -0.2) is 22.5 Å². The Morgan fingerprint density at radius 3 is 3.12 bits per heavy atom. The average Bonchev–Trinajstić information content (AvgIpc) is 2.80. The van der Waals surface area contributed by atoms with E-state index in [4.69, 9.17) is 0 Å². The lowest BCUT2D eigenvalue weighted by Gasteiger charge is -2.16. The van der Waals surface area contributed by atoms with Gasteiger partial charge in [-0.25, -0.2) is 4.39 Å². The fourth-order valence-corrected chi connectivity index (χ4v) is 3.08. The van der Waals surface area contributed by atoms with Crippen LogP contribution in [0.5, 0.6) is 0 Å². The second-order valence-electron chi connectivity index (χ2n) is 4.17. The molecule has 2 unspecified atom stereocenters. The minimum Gasteiger partial charge on any atom is -0.308 e. The number of pyridine rings is 1. The maximum Gasteiger partial charge on any atom is 0.141 e. The summed E-state index contributed by atoms with van der Waals surface area (Å²) in [6.45, 7) is 3.09. The predicted molar refractivity (Wildman–Crippen MR) is 66.1 cm³/mol. The van der Waals surface area contributed by atoms with Crippen LogP contribution in [0.4, 0.5) is 4.39 Å². The molecule has 0 aliphatic carbocycles. The smallest absolute Gasteiger partial charge is 0.141 e. The highest BCUT2D eigenvalue weighted by Gasteiger charge is 2.16. The molecule has 0 amide bonds. The molecule has 0 spiro atoms. The number of aromatic nitrogens is 1. The summed E-state index contributed by atoms with van der Waals surface area (Å²) in [5.74, 6) is 1.01. The van der Waals surface area contributed by atoms with Crippen LogP contribution in [0.25, 0.3) is 0 Å². The zero-order valence-electron chi connectivity index (χ0n) is 9.45. The minimum absolute atomic E-state index is 0.196. The first-order valence-electron chi connectivity index (χ1n) is 5.72. The van der Waals surface area contributed by atoms with E-state index in [1.165, 1.54) is 30.9 Å². The van der Waals surface area contributed by atoms with Gasteiger partial charge in [0.15, 0.2) is 0 Å². The average molecular weight is 240 g/mol. The summed E-state index contributed by atoms with van der Waals surface area (Å²) in [6.07, 6.45) is 3.92. The molecule has 88 valence electrons. The molecule has 16 heavy (non-hydrogen) atoms. The lowest BCUT2D eigenvalue weighted by Crippen LogP contribution is -2.26. The van der Waals surface area contributed by atoms with E-state index in [0.29, 0.717) is 0 Å². The molecular weight excluding hydrogens is 223 g/mol. The summed E-state index contributed by atoms with van der Waals surface area (Å²) in [5, 5.41) is 4.19. The first-order chi connectivity index (χ1) is 7.75. The maximum atomic E-state index is 12.7. The van der Waals surface area contributed by atoms with Crippen LogP contribution >= 0.6 is 11.8 Å². The second kappa shape index (κ2) is 5.64. The molecular formula is C12H17FN2S. The highest BCUT2D eigenvalue weighted by molar-refractivity contribution is 8.00. The fraction of sp³-hybridized carbons (Fsp3) is 0.583. The molecule has 2 heterocycles. The van der Waals surface area contributed by atoms with Crippen molar-refractivity contribution in [2.45, 2.75) is 31.1 Å². The molecule has 1 fully saturated rings. The highest BCUT2D eigenvalue weighted by Crippen LogP contribution is 2.25. The summed E-state index contributed by atoms with van der Waals surface area (Å²) in [7, 11) is 0. The molecule has 1 aliphatic rings. The van der Waals surface area contributed by atoms with E-state index >= 15 is 0 Å². The normalized spacial score (nSPS) is 22.2. The van der Waals surface area contributed by atoms with Crippen LogP contribution in [0, 0.1) is 5.82 Å². The summed E-state index contributed by atoms with van der Waals surface area (Å²) in [4.78, 5) is 4.08. The molecule has 2 nitrogen and oxygen atoms in total. The monoisotopic (exact) mass is 240 g/mol. The van der Waals surface area contributed by atoms with Crippen molar-refractivity contribution in [3.63, 3.8) is 0 Å². The van der Waals surface area contributed by atoms with Crippen molar-refractivity contribution in [3.8, 4) is 0 Å². The second-order valence-corrected chi connectivity index (χ2v) is 5.57. The molecule has 2 rings (SSSR count). The van der Waals surface area contributed by atoms with Crippen molar-refractivity contribution >= 4 is 11.8 Å². The van der Waals surface area contributed by atoms with Gasteiger partial charge in [0.05, 0.1) is 11.9 Å². The van der Waals surface area contributed by atoms with Crippen LogP contribution in [0.3, 0.4) is 0 Å². The van der Waals surface area contributed by atoms with Gasteiger partial charge in [-0.1, -0.05) is 0 Å². The van der Waals surface area contributed by atoms with Gasteiger partial charge in [0.2, 0.25) is 0 Å². The number of nitrogens with one attached hydrogen (secondary N) is 1. The third-order valence-corrected chi connectivity index (χ3v) is 4.27. The Morgan fingerprint density at radius 1 is 1.62 bits per heavy atom. The lowest BCUT2D eigenvalue weighted by molar-refractivity contribution is 0.544. The van der Waals surface area contributed by atoms with Crippen molar-refractivity contribution in [2.75, 3.05) is 12.3 Å². The number of nitrogens with zero attached hydrogens (tertiary/aromatic N) is 1. The molecule has 1 saturated heterocycles. The van der Waals surface area contributed by atoms with Gasteiger partial charge >= 0.3 is 0 Å². The molecule has 0 aromatic carbocycles. The Bertz CT molecular complexity index is 322. The SMILES string of the molecule is CC(NCC1CCCS1)c1ccc(F)cn1. The Balaban J connectivity index is 1.82. The van der Waals surface area contributed by atoms with Gasteiger partial charge in [0.25, 0.3) is 0 Å². The van der Waals surface area contributed by atoms with Crippen LogP contribution in [-0.2, 0) is 0 Å². The molecule has 2 atom stereocenters. The van der Waals surface area contributed by atoms with Crippen molar-refractivity contribution in [1.82, 2.24) is 10.3 Å². The zero-order chi connectivity index (χ0) is 11.4. The largest absolute Gasteiger partial charge is 0.308 e. The van der Waals surface area contributed by atoms with E-state index in [-0.39, 0.29) is 11.9 Å². The number of rotatable bonds is 4. The standard InChI is InChI=1S/C12H17FN2S/c1-9(12-5-4-10(13)7-15-12)14-8-11-3-2-6-16-11/h4-5,7,9,11,14H,2-3,6,8H2,1H3. The first-order valence-corrected chi connectivity index (χ1v) is 6.77. The van der Waals surface area contributed by atoms with Crippen molar-refractivity contribution in [1.29, 1.82) is 0 Å². The molecule has 0 bridgehead atoms. The molecule has 1 aromatic rings. The summed E-state index contributed by atoms with van der Waals surface area (Å²) in [6, 6.07) is 3.40. The van der Waals surface area contributed by atoms with E-state index in [9.17, 15) is 4.39 Å². The van der Waals surface area contributed by atoms with E-state index < -0.39 is 0 Å². The topological polar surface area (TPSA) is 24.9 Å². The zero-order valence-corrected chi connectivity index (χ0v) is 10.3. The third kappa shape index (κ3) is 3.19. The molecule has 4 heteroatoms. The summed E-state index contributed by atoms with van der Waals surface area (Å²) in [5.41, 5.74) is 0.907. The quantitative estimate of drug-likeness (QED) is 0.876. The van der Waals surface area contributed by atoms with E-state index in [0.717, 1.165) is 17.5 Å². The van der Waals surface area contributed by atoms with Crippen LogP contribution in [0.15, 0.2) is 18.3 Å². The van der Waals surface area contributed by atoms with Gasteiger partial charge in [-0.2, -0.15) is 11.8 Å². The predicted octanol–water partition coefficient (Wildman–Crippen LogP) is 2.77. The third-order valence-electron chi connectivity index (χ3n) is 2.87. The van der Waals surface area contributed by atoms with Gasteiger partial charge in [-0.3, -0.25) is 4.98 Å². The Kier molecular flexibility index (Phi) is 4.18. The van der Waals surface area contributed by atoms with Gasteiger partial charge in [0.1, 0.15) is 5.82 Å². The van der Waals surface area contributed by atoms with Crippen LogP contribution in [0.2, 0.25) is 0 Å². The number of halogens is 1. The number of hydrogen-bond donors (Lipinski definition) is 1. The minimum atomic E-state index is -0.276. The first kappa shape index (κ1) is 11.9. The van der Waals surface area contributed by atoms with Gasteiger partial charge in [-0.05, 0) is 37.7 Å². The number of hydrogen-bond acceptors (Lipinski definition) is 3. The van der Waals surface area contributed by atoms with Crippen molar-refractivity contribution < 1.29 is 4.39 Å². The molecule has 1 aliphatic heterocycles. The maximum absolute atomic E-state index is 12.7. The highest BCUT2D eigenvalue weighted by atomic mass is 32.2. The van der Waals surface area contributed by atoms with Crippen LogP contribution < -0.4 is 5.32 Å². The number of thioether (sulfide) groups is 1. The van der Waals surface area contributed by atoms with E-state index in [1.807, 2.05) is 11.8 Å². The summed E-state index contributed by atoms with van der Waals surface area (Å²) < 4.78 is 12.7. The van der Waals surface area contributed by atoms with Gasteiger partial charge in [0, 0.05) is 17.8 Å². The van der Waals surface area contributed by atoms with Crippen LogP contribution in [0.1, 0.15) is 31.5 Å². The lowest BCUT2D eigenvalue weighted by atomic mass is 10.2.